The number of aliphatic hydroxyl groups is 1. The fourth-order valence-corrected chi connectivity index (χ4v) is 1.40. The number of carboxylic acids is 1. The Bertz CT molecular complexity index is 316. The highest BCUT2D eigenvalue weighted by molar-refractivity contribution is 7.46. The SMILES string of the molecule is C/C(C(=O)O)=C(/CCO)CCOP(=O)(O)O. The van der Waals surface area contributed by atoms with Gasteiger partial charge in [-0.3, -0.25) is 4.52 Å². The minimum atomic E-state index is -4.53. The number of aliphatic hydroxyl groups excluding tert-OH is 1. The Balaban J connectivity index is 4.42. The monoisotopic (exact) mass is 254 g/mol. The van der Waals surface area contributed by atoms with Crippen molar-refractivity contribution in [1.82, 2.24) is 0 Å². The van der Waals surface area contributed by atoms with Crippen LogP contribution >= 0.6 is 7.82 Å². The molecule has 0 radical (unpaired) electrons. The normalized spacial score (nSPS) is 13.5. The zero-order chi connectivity index (χ0) is 12.8. The lowest BCUT2D eigenvalue weighted by Crippen LogP contribution is -2.05. The summed E-state index contributed by atoms with van der Waals surface area (Å²) in [5.74, 6) is -1.13. The van der Waals surface area contributed by atoms with Gasteiger partial charge in [0, 0.05) is 12.2 Å². The first-order chi connectivity index (χ1) is 7.28. The van der Waals surface area contributed by atoms with Gasteiger partial charge in [0.15, 0.2) is 0 Å². The molecule has 8 heteroatoms. The lowest BCUT2D eigenvalue weighted by molar-refractivity contribution is -0.132. The van der Waals surface area contributed by atoms with Gasteiger partial charge in [0.25, 0.3) is 0 Å². The number of carboxylic acid groups (broad SMARTS) is 1. The van der Waals surface area contributed by atoms with Gasteiger partial charge in [0.2, 0.25) is 0 Å². The molecular weight excluding hydrogens is 239 g/mol. The number of hydrogen-bond acceptors (Lipinski definition) is 4. The molecule has 0 aliphatic heterocycles. The minimum absolute atomic E-state index is 0.0587. The Hall–Kier alpha value is -0.720. The molecule has 16 heavy (non-hydrogen) atoms. The minimum Gasteiger partial charge on any atom is -0.478 e. The van der Waals surface area contributed by atoms with E-state index in [9.17, 15) is 9.36 Å². The molecule has 0 atom stereocenters. The molecular formula is C8H15O7P. The van der Waals surface area contributed by atoms with Gasteiger partial charge in [0.1, 0.15) is 0 Å². The van der Waals surface area contributed by atoms with Crippen molar-refractivity contribution in [2.24, 2.45) is 0 Å². The number of aliphatic carboxylic acids is 1. The second-order valence-electron chi connectivity index (χ2n) is 3.08. The van der Waals surface area contributed by atoms with E-state index in [1.54, 1.807) is 0 Å². The topological polar surface area (TPSA) is 124 Å². The summed E-state index contributed by atoms with van der Waals surface area (Å²) in [7, 11) is -4.53. The van der Waals surface area contributed by atoms with Crippen molar-refractivity contribution in [1.29, 1.82) is 0 Å². The molecule has 94 valence electrons. The van der Waals surface area contributed by atoms with Crippen LogP contribution in [0.4, 0.5) is 0 Å². The fourth-order valence-electron chi connectivity index (χ4n) is 1.07. The summed E-state index contributed by atoms with van der Waals surface area (Å²) in [6.07, 6.45) is 0.201. The van der Waals surface area contributed by atoms with Crippen molar-refractivity contribution >= 4 is 13.8 Å². The molecule has 0 saturated heterocycles. The molecule has 0 fully saturated rings. The molecule has 0 bridgehead atoms. The summed E-state index contributed by atoms with van der Waals surface area (Å²) in [5.41, 5.74) is 0.465. The van der Waals surface area contributed by atoms with E-state index in [2.05, 4.69) is 4.52 Å². The van der Waals surface area contributed by atoms with Crippen molar-refractivity contribution < 1.29 is 33.9 Å². The Kier molecular flexibility index (Phi) is 6.47. The summed E-state index contributed by atoms with van der Waals surface area (Å²) >= 11 is 0. The van der Waals surface area contributed by atoms with Crippen LogP contribution in [0.5, 0.6) is 0 Å². The first-order valence-corrected chi connectivity index (χ1v) is 6.04. The molecule has 0 aromatic rings. The molecule has 0 aromatic heterocycles. The van der Waals surface area contributed by atoms with Crippen LogP contribution in [-0.4, -0.2) is 39.2 Å². The molecule has 0 saturated carbocycles. The Labute approximate surface area is 92.6 Å². The van der Waals surface area contributed by atoms with Crippen LogP contribution in [0.2, 0.25) is 0 Å². The van der Waals surface area contributed by atoms with Crippen molar-refractivity contribution in [3.05, 3.63) is 11.1 Å². The average Bonchev–Trinajstić information content (AvgIpc) is 2.13. The third-order valence-corrected chi connectivity index (χ3v) is 2.45. The number of rotatable bonds is 7. The van der Waals surface area contributed by atoms with Crippen LogP contribution in [0, 0.1) is 0 Å². The maximum atomic E-state index is 10.6. The maximum absolute atomic E-state index is 10.6. The van der Waals surface area contributed by atoms with Crippen LogP contribution in [0.25, 0.3) is 0 Å². The molecule has 0 aromatic carbocycles. The van der Waals surface area contributed by atoms with Crippen LogP contribution in [0.3, 0.4) is 0 Å². The van der Waals surface area contributed by atoms with Gasteiger partial charge in [-0.2, -0.15) is 0 Å². The van der Waals surface area contributed by atoms with E-state index in [-0.39, 0.29) is 31.6 Å². The Morgan fingerprint density at radius 1 is 1.31 bits per heavy atom. The zero-order valence-corrected chi connectivity index (χ0v) is 9.68. The molecule has 0 aliphatic rings. The first-order valence-electron chi connectivity index (χ1n) is 4.50. The summed E-state index contributed by atoms with van der Waals surface area (Å²) < 4.78 is 14.6. The highest BCUT2D eigenvalue weighted by atomic mass is 31.2. The molecule has 0 heterocycles. The third kappa shape index (κ3) is 6.71. The van der Waals surface area contributed by atoms with Crippen molar-refractivity contribution in [3.63, 3.8) is 0 Å². The second kappa shape index (κ2) is 6.78. The molecule has 4 N–H and O–H groups in total. The molecule has 7 nitrogen and oxygen atoms in total. The van der Waals surface area contributed by atoms with Gasteiger partial charge in [-0.25, -0.2) is 9.36 Å². The predicted molar refractivity (Wildman–Crippen MR) is 54.7 cm³/mol. The highest BCUT2D eigenvalue weighted by Gasteiger charge is 2.15. The molecule has 0 rings (SSSR count). The van der Waals surface area contributed by atoms with Gasteiger partial charge < -0.3 is 20.0 Å². The lowest BCUT2D eigenvalue weighted by Gasteiger charge is -2.09. The van der Waals surface area contributed by atoms with Gasteiger partial charge in [-0.1, -0.05) is 5.57 Å². The molecule has 0 spiro atoms. The van der Waals surface area contributed by atoms with Crippen molar-refractivity contribution in [3.8, 4) is 0 Å². The number of carbonyl (C=O) groups is 1. The van der Waals surface area contributed by atoms with Crippen molar-refractivity contribution in [2.45, 2.75) is 19.8 Å². The van der Waals surface area contributed by atoms with Crippen LogP contribution in [0.1, 0.15) is 19.8 Å². The van der Waals surface area contributed by atoms with Gasteiger partial charge in [0.05, 0.1) is 6.61 Å². The first kappa shape index (κ1) is 15.3. The van der Waals surface area contributed by atoms with Gasteiger partial charge in [-0.15, -0.1) is 0 Å². The smallest absolute Gasteiger partial charge is 0.469 e. The molecule has 0 amide bonds. The summed E-state index contributed by atoms with van der Waals surface area (Å²) in [6.45, 7) is 0.852. The van der Waals surface area contributed by atoms with E-state index < -0.39 is 13.8 Å². The van der Waals surface area contributed by atoms with Crippen LogP contribution < -0.4 is 0 Å². The quantitative estimate of drug-likeness (QED) is 0.379. The second-order valence-corrected chi connectivity index (χ2v) is 4.32. The lowest BCUT2D eigenvalue weighted by atomic mass is 10.0. The Morgan fingerprint density at radius 3 is 2.25 bits per heavy atom. The molecule has 0 unspecified atom stereocenters. The van der Waals surface area contributed by atoms with Crippen molar-refractivity contribution in [2.75, 3.05) is 13.2 Å². The predicted octanol–water partition coefficient (Wildman–Crippen LogP) is 0.269. The summed E-state index contributed by atoms with van der Waals surface area (Å²) in [5, 5.41) is 17.4. The summed E-state index contributed by atoms with van der Waals surface area (Å²) in [6, 6.07) is 0. The van der Waals surface area contributed by atoms with E-state index in [4.69, 9.17) is 20.0 Å². The van der Waals surface area contributed by atoms with Crippen LogP contribution in [-0.2, 0) is 13.9 Å². The standard InChI is InChI=1S/C8H15O7P/c1-6(8(10)11)7(2-4-9)3-5-15-16(12,13)14/h9H,2-5H2,1H3,(H,10,11)(H2,12,13,14)/b7-6+. The van der Waals surface area contributed by atoms with Crippen LogP contribution in [0.15, 0.2) is 11.1 Å². The number of phosphoric acid groups is 1. The average molecular weight is 254 g/mol. The van der Waals surface area contributed by atoms with E-state index in [0.717, 1.165) is 0 Å². The highest BCUT2D eigenvalue weighted by Crippen LogP contribution is 2.36. The number of phosphoric ester groups is 1. The number of hydrogen-bond donors (Lipinski definition) is 4. The van der Waals surface area contributed by atoms with E-state index in [0.29, 0.717) is 5.57 Å². The third-order valence-electron chi connectivity index (χ3n) is 1.93. The Morgan fingerprint density at radius 2 is 1.88 bits per heavy atom. The molecule has 0 aliphatic carbocycles. The zero-order valence-electron chi connectivity index (χ0n) is 8.79. The van der Waals surface area contributed by atoms with Gasteiger partial charge in [-0.05, 0) is 19.8 Å². The van der Waals surface area contributed by atoms with Gasteiger partial charge >= 0.3 is 13.8 Å². The van der Waals surface area contributed by atoms with E-state index in [1.807, 2.05) is 0 Å². The largest absolute Gasteiger partial charge is 0.478 e. The fraction of sp³-hybridized carbons (Fsp3) is 0.625. The van der Waals surface area contributed by atoms with E-state index in [1.165, 1.54) is 6.92 Å². The van der Waals surface area contributed by atoms with E-state index >= 15 is 0 Å². The maximum Gasteiger partial charge on any atom is 0.469 e. The summed E-state index contributed by atoms with van der Waals surface area (Å²) in [4.78, 5) is 27.5.